The maximum atomic E-state index is 2.49. The van der Waals surface area contributed by atoms with Gasteiger partial charge in [-0.25, -0.2) is 0 Å². The van der Waals surface area contributed by atoms with Gasteiger partial charge in [0.05, 0.1) is 0 Å². The summed E-state index contributed by atoms with van der Waals surface area (Å²) in [7, 11) is 0. The Labute approximate surface area is 159 Å². The highest BCUT2D eigenvalue weighted by molar-refractivity contribution is 6.04. The number of rotatable bonds is 0. The van der Waals surface area contributed by atoms with Gasteiger partial charge in [0.25, 0.3) is 0 Å². The molecule has 0 radical (unpaired) electrons. The third kappa shape index (κ3) is 1.69. The van der Waals surface area contributed by atoms with Gasteiger partial charge in [-0.1, -0.05) is 72.3 Å². The number of hydrogen-bond acceptors (Lipinski definition) is 0. The van der Waals surface area contributed by atoms with E-state index in [4.69, 9.17) is 0 Å². The Morgan fingerprint density at radius 2 is 1.78 bits per heavy atom. The minimum atomic E-state index is 0.573. The quantitative estimate of drug-likeness (QED) is 0.661. The molecule has 0 N–H and O–H groups in total. The van der Waals surface area contributed by atoms with Crippen LogP contribution in [0.3, 0.4) is 0 Å². The summed E-state index contributed by atoms with van der Waals surface area (Å²) in [6.45, 7) is 0. The maximum absolute atomic E-state index is 2.49. The molecular weight excluding hydrogens is 324 g/mol. The molecule has 2 aromatic carbocycles. The van der Waals surface area contributed by atoms with Crippen molar-refractivity contribution in [3.8, 4) is 0 Å². The van der Waals surface area contributed by atoms with Crippen molar-refractivity contribution in [3.63, 3.8) is 0 Å². The van der Waals surface area contributed by atoms with Crippen LogP contribution in [0.25, 0.3) is 17.2 Å². The van der Waals surface area contributed by atoms with Crippen LogP contribution in [0.1, 0.15) is 24.0 Å². The first-order valence-corrected chi connectivity index (χ1v) is 10.1. The molecule has 1 fully saturated rings. The number of benzene rings is 2. The fraction of sp³-hybridized carbons (Fsp3) is 0.185. The summed E-state index contributed by atoms with van der Waals surface area (Å²) in [6, 6.07) is 18.1. The summed E-state index contributed by atoms with van der Waals surface area (Å²) < 4.78 is 0. The minimum absolute atomic E-state index is 0.573. The van der Waals surface area contributed by atoms with Crippen LogP contribution in [-0.4, -0.2) is 0 Å². The SMILES string of the molecule is C1=CCC2C(=C1)CC1C3=C(Cc4ccccc43)C3=c4ccccc4=CC3=C21. The molecule has 2 unspecified atom stereocenters. The average molecular weight is 344 g/mol. The molecule has 0 bridgehead atoms. The second kappa shape index (κ2) is 4.89. The van der Waals surface area contributed by atoms with Gasteiger partial charge in [-0.15, -0.1) is 0 Å². The highest BCUT2D eigenvalue weighted by Gasteiger charge is 2.45. The van der Waals surface area contributed by atoms with Crippen LogP contribution in [0.4, 0.5) is 0 Å². The van der Waals surface area contributed by atoms with Crippen molar-refractivity contribution in [1.82, 2.24) is 0 Å². The minimum Gasteiger partial charge on any atom is -0.0836 e. The first-order chi connectivity index (χ1) is 13.4. The van der Waals surface area contributed by atoms with Gasteiger partial charge in [0, 0.05) is 11.8 Å². The largest absolute Gasteiger partial charge is 0.0836 e. The third-order valence-corrected chi connectivity index (χ3v) is 7.22. The summed E-state index contributed by atoms with van der Waals surface area (Å²) in [5, 5.41) is 2.85. The Bertz CT molecular complexity index is 1290. The maximum Gasteiger partial charge on any atom is 0.0110 e. The van der Waals surface area contributed by atoms with E-state index in [1.165, 1.54) is 34.4 Å². The predicted octanol–water partition coefficient (Wildman–Crippen LogP) is 4.47. The van der Waals surface area contributed by atoms with Crippen molar-refractivity contribution in [3.05, 3.63) is 111 Å². The normalized spacial score (nSPS) is 26.1. The zero-order valence-electron chi connectivity index (χ0n) is 15.2. The van der Waals surface area contributed by atoms with Gasteiger partial charge in [0.15, 0.2) is 0 Å². The second-order valence-corrected chi connectivity index (χ2v) is 8.42. The molecule has 0 nitrogen and oxygen atoms in total. The van der Waals surface area contributed by atoms with Crippen LogP contribution >= 0.6 is 0 Å². The second-order valence-electron chi connectivity index (χ2n) is 8.42. The molecule has 0 heterocycles. The molecule has 0 spiro atoms. The lowest BCUT2D eigenvalue weighted by atomic mass is 9.74. The fourth-order valence-corrected chi connectivity index (χ4v) is 6.21. The van der Waals surface area contributed by atoms with Gasteiger partial charge in [-0.2, -0.15) is 0 Å². The zero-order valence-corrected chi connectivity index (χ0v) is 15.2. The van der Waals surface area contributed by atoms with Crippen LogP contribution in [0.15, 0.2) is 89.1 Å². The van der Waals surface area contributed by atoms with Gasteiger partial charge in [-0.05, 0) is 74.8 Å². The molecule has 2 aromatic rings. The summed E-state index contributed by atoms with van der Waals surface area (Å²) in [4.78, 5) is 0. The Balaban J connectivity index is 1.60. The fourth-order valence-electron chi connectivity index (χ4n) is 6.21. The Kier molecular flexibility index (Phi) is 2.58. The van der Waals surface area contributed by atoms with Crippen molar-refractivity contribution < 1.29 is 0 Å². The molecule has 1 saturated carbocycles. The molecule has 7 rings (SSSR count). The van der Waals surface area contributed by atoms with Crippen LogP contribution < -0.4 is 10.4 Å². The van der Waals surface area contributed by atoms with Gasteiger partial charge in [0.1, 0.15) is 0 Å². The van der Waals surface area contributed by atoms with Crippen molar-refractivity contribution >= 4 is 17.2 Å². The smallest absolute Gasteiger partial charge is 0.0110 e. The predicted molar refractivity (Wildman–Crippen MR) is 111 cm³/mol. The summed E-state index contributed by atoms with van der Waals surface area (Å²) >= 11 is 0. The van der Waals surface area contributed by atoms with E-state index in [0.29, 0.717) is 11.8 Å². The van der Waals surface area contributed by atoms with Crippen molar-refractivity contribution in [2.24, 2.45) is 11.8 Å². The molecule has 5 aliphatic rings. The van der Waals surface area contributed by atoms with Gasteiger partial charge < -0.3 is 0 Å². The van der Waals surface area contributed by atoms with E-state index in [2.05, 4.69) is 72.8 Å². The van der Waals surface area contributed by atoms with Crippen LogP contribution in [0.2, 0.25) is 0 Å². The zero-order chi connectivity index (χ0) is 17.5. The first-order valence-electron chi connectivity index (χ1n) is 10.1. The van der Waals surface area contributed by atoms with Crippen molar-refractivity contribution in [2.75, 3.05) is 0 Å². The van der Waals surface area contributed by atoms with E-state index < -0.39 is 0 Å². The summed E-state index contributed by atoms with van der Waals surface area (Å²) in [6.07, 6.45) is 13.0. The van der Waals surface area contributed by atoms with Gasteiger partial charge in [-0.3, -0.25) is 0 Å². The highest BCUT2D eigenvalue weighted by atomic mass is 14.5. The molecule has 5 aliphatic carbocycles. The third-order valence-electron chi connectivity index (χ3n) is 7.22. The number of hydrogen-bond donors (Lipinski definition) is 0. The van der Waals surface area contributed by atoms with Gasteiger partial charge in [0.2, 0.25) is 0 Å². The van der Waals surface area contributed by atoms with E-state index in [-0.39, 0.29) is 0 Å². The topological polar surface area (TPSA) is 0 Å². The lowest BCUT2D eigenvalue weighted by Gasteiger charge is -2.29. The van der Waals surface area contributed by atoms with E-state index >= 15 is 0 Å². The van der Waals surface area contributed by atoms with E-state index in [0.717, 1.165) is 6.42 Å². The Morgan fingerprint density at radius 3 is 2.78 bits per heavy atom. The molecule has 0 saturated heterocycles. The summed E-state index contributed by atoms with van der Waals surface area (Å²) in [5.41, 5.74) is 12.7. The molecule has 0 aliphatic heterocycles. The van der Waals surface area contributed by atoms with Crippen molar-refractivity contribution in [2.45, 2.75) is 19.3 Å². The van der Waals surface area contributed by atoms with E-state index in [9.17, 15) is 0 Å². The molecule has 2 atom stereocenters. The Morgan fingerprint density at radius 1 is 0.889 bits per heavy atom. The standard InChI is InChI=1S/C27H20/c1-4-10-19-16(7-1)13-22-25(19)23-14-17-8-3-6-12-21(17)27(23)24-15-18-9-2-5-11-20(18)26(22)24/h1-11,15,21,23H,12-14H2. The number of fused-ring (bicyclic) bond motifs is 9. The average Bonchev–Trinajstić information content (AvgIpc) is 3.38. The number of allylic oxidation sites excluding steroid dienone is 8. The molecular formula is C27H20. The summed E-state index contributed by atoms with van der Waals surface area (Å²) in [5.74, 6) is 1.18. The molecule has 0 heteroatoms. The monoisotopic (exact) mass is 344 g/mol. The van der Waals surface area contributed by atoms with Gasteiger partial charge >= 0.3 is 0 Å². The van der Waals surface area contributed by atoms with E-state index in [1.54, 1.807) is 33.4 Å². The lowest BCUT2D eigenvalue weighted by Crippen LogP contribution is -2.23. The molecule has 0 aromatic heterocycles. The van der Waals surface area contributed by atoms with Crippen molar-refractivity contribution in [1.29, 1.82) is 0 Å². The lowest BCUT2D eigenvalue weighted by molar-refractivity contribution is 0.738. The highest BCUT2D eigenvalue weighted by Crippen LogP contribution is 2.59. The molecule has 128 valence electrons. The van der Waals surface area contributed by atoms with Crippen LogP contribution in [0, 0.1) is 11.8 Å². The van der Waals surface area contributed by atoms with Crippen LogP contribution in [0.5, 0.6) is 0 Å². The van der Waals surface area contributed by atoms with Crippen LogP contribution in [-0.2, 0) is 6.42 Å². The molecule has 0 amide bonds. The van der Waals surface area contributed by atoms with E-state index in [1.807, 2.05) is 0 Å². The first kappa shape index (κ1) is 14.2. The molecule has 27 heavy (non-hydrogen) atoms. The Hall–Kier alpha value is -2.86.